The van der Waals surface area contributed by atoms with Crippen molar-refractivity contribution in [2.24, 2.45) is 0 Å². The van der Waals surface area contributed by atoms with Crippen LogP contribution < -0.4 is 28.4 Å². The maximum atomic E-state index is 14.4. The van der Waals surface area contributed by atoms with E-state index in [-0.39, 0.29) is 11.9 Å². The van der Waals surface area contributed by atoms with Gasteiger partial charge in [0, 0.05) is 49.7 Å². The molecule has 1 aliphatic rings. The number of amides is 1. The third-order valence-corrected chi connectivity index (χ3v) is 9.30. The van der Waals surface area contributed by atoms with E-state index in [2.05, 4.69) is 33.1 Å². The lowest BCUT2D eigenvalue weighted by molar-refractivity contribution is -0.142. The van der Waals surface area contributed by atoms with Crippen molar-refractivity contribution in [3.63, 3.8) is 0 Å². The number of benzene rings is 3. The number of rotatable bonds is 14. The van der Waals surface area contributed by atoms with Crippen molar-refractivity contribution in [1.82, 2.24) is 19.8 Å². The van der Waals surface area contributed by atoms with E-state index in [9.17, 15) is 4.79 Å². The van der Waals surface area contributed by atoms with Gasteiger partial charge < -0.3 is 33.3 Å². The van der Waals surface area contributed by atoms with Crippen LogP contribution in [-0.2, 0) is 24.3 Å². The number of piperazine rings is 1. The van der Waals surface area contributed by atoms with Crippen molar-refractivity contribution in [2.75, 3.05) is 55.7 Å². The third-order valence-electron chi connectivity index (χ3n) is 9.30. The molecule has 0 spiro atoms. The van der Waals surface area contributed by atoms with Crippen LogP contribution >= 0.6 is 0 Å². The molecule has 1 aliphatic heterocycles. The van der Waals surface area contributed by atoms with E-state index in [1.807, 2.05) is 65.6 Å². The molecule has 11 heteroatoms. The Bertz CT molecular complexity index is 1960. The molecule has 1 unspecified atom stereocenters. The van der Waals surface area contributed by atoms with E-state index in [0.29, 0.717) is 67.1 Å². The lowest BCUT2D eigenvalue weighted by Gasteiger charge is -2.41. The van der Waals surface area contributed by atoms with Gasteiger partial charge in [0.25, 0.3) is 0 Å². The van der Waals surface area contributed by atoms with Crippen LogP contribution in [-0.4, -0.2) is 87.5 Å². The molecule has 6 rings (SSSR count). The van der Waals surface area contributed by atoms with Gasteiger partial charge in [-0.3, -0.25) is 19.7 Å². The molecule has 1 saturated heterocycles. The summed E-state index contributed by atoms with van der Waals surface area (Å²) >= 11 is 0. The Morgan fingerprint density at radius 1 is 0.577 bits per heavy atom. The first-order valence-electron chi connectivity index (χ1n) is 17.0. The fourth-order valence-electron chi connectivity index (χ4n) is 6.66. The molecule has 5 aromatic rings. The van der Waals surface area contributed by atoms with Gasteiger partial charge in [0.15, 0.2) is 23.0 Å². The maximum Gasteiger partial charge on any atom is 0.240 e. The molecule has 52 heavy (non-hydrogen) atoms. The maximum absolute atomic E-state index is 14.4. The number of pyridine rings is 2. The SMILES string of the molecule is COc1cc(-c2cc(CN3CCN(Cc4ccnc(-c5cc(OC)c(OC)c(OC)c5)c4)C(Cc4ccccc4)C3=O)ccn2)cc(OC)c1OC. The Kier molecular flexibility index (Phi) is 11.4. The molecule has 2 aromatic heterocycles. The summed E-state index contributed by atoms with van der Waals surface area (Å²) in [5.74, 6) is 3.32. The third kappa shape index (κ3) is 7.74. The van der Waals surface area contributed by atoms with Gasteiger partial charge in [0.2, 0.25) is 17.4 Å². The normalized spacial score (nSPS) is 14.5. The molecule has 0 N–H and O–H groups in total. The highest BCUT2D eigenvalue weighted by Crippen LogP contribution is 2.42. The van der Waals surface area contributed by atoms with Crippen molar-refractivity contribution in [3.05, 3.63) is 108 Å². The molecule has 270 valence electrons. The standard InChI is InChI=1S/C41H44N4O7/c1-47-35-21-30(22-36(48-2)39(35)51-5)32-18-28(12-14-42-32)25-44-16-17-45(41(46)34(44)20-27-10-8-7-9-11-27)26-29-13-15-43-33(19-29)31-23-37(49-3)40(52-6)38(24-31)50-4/h7-15,18-19,21-24,34H,16-17,20,25-26H2,1-6H3. The highest BCUT2D eigenvalue weighted by atomic mass is 16.5. The Morgan fingerprint density at radius 2 is 1.06 bits per heavy atom. The van der Waals surface area contributed by atoms with Crippen molar-refractivity contribution < 1.29 is 33.2 Å². The number of carbonyl (C=O) groups excluding carboxylic acids is 1. The fourth-order valence-corrected chi connectivity index (χ4v) is 6.66. The van der Waals surface area contributed by atoms with E-state index in [1.165, 1.54) is 0 Å². The van der Waals surface area contributed by atoms with Gasteiger partial charge in [-0.1, -0.05) is 30.3 Å². The second-order valence-corrected chi connectivity index (χ2v) is 12.4. The largest absolute Gasteiger partial charge is 0.493 e. The molecule has 3 aromatic carbocycles. The van der Waals surface area contributed by atoms with Gasteiger partial charge in [-0.05, 0) is 71.6 Å². The number of methoxy groups -OCH3 is 6. The van der Waals surface area contributed by atoms with E-state index in [0.717, 1.165) is 39.2 Å². The number of carbonyl (C=O) groups is 1. The second kappa shape index (κ2) is 16.5. The van der Waals surface area contributed by atoms with Crippen molar-refractivity contribution in [1.29, 1.82) is 0 Å². The first kappa shape index (κ1) is 36.0. The lowest BCUT2D eigenvalue weighted by atomic mass is 9.99. The quantitative estimate of drug-likeness (QED) is 0.131. The summed E-state index contributed by atoms with van der Waals surface area (Å²) in [5, 5.41) is 0. The molecule has 0 radical (unpaired) electrons. The molecule has 0 bridgehead atoms. The highest BCUT2D eigenvalue weighted by Gasteiger charge is 2.35. The zero-order valence-electron chi connectivity index (χ0n) is 30.4. The minimum Gasteiger partial charge on any atom is -0.493 e. The molecule has 0 saturated carbocycles. The van der Waals surface area contributed by atoms with Crippen LogP contribution in [0.5, 0.6) is 34.5 Å². The van der Waals surface area contributed by atoms with Crippen LogP contribution in [0.2, 0.25) is 0 Å². The summed E-state index contributed by atoms with van der Waals surface area (Å²) in [7, 11) is 9.53. The smallest absolute Gasteiger partial charge is 0.240 e. The number of aromatic nitrogens is 2. The fraction of sp³-hybridized carbons (Fsp3) is 0.293. The van der Waals surface area contributed by atoms with E-state index in [4.69, 9.17) is 28.4 Å². The Hall–Kier alpha value is -5.81. The monoisotopic (exact) mass is 704 g/mol. The molecule has 1 fully saturated rings. The van der Waals surface area contributed by atoms with Crippen molar-refractivity contribution in [2.45, 2.75) is 25.6 Å². The molecule has 1 atom stereocenters. The minimum absolute atomic E-state index is 0.0835. The topological polar surface area (TPSA) is 105 Å². The van der Waals surface area contributed by atoms with E-state index >= 15 is 0 Å². The minimum atomic E-state index is -0.356. The summed E-state index contributed by atoms with van der Waals surface area (Å²) in [6.07, 6.45) is 4.16. The van der Waals surface area contributed by atoms with Crippen LogP contribution in [0.4, 0.5) is 0 Å². The van der Waals surface area contributed by atoms with E-state index < -0.39 is 0 Å². The first-order valence-corrected chi connectivity index (χ1v) is 17.0. The molecule has 1 amide bonds. The van der Waals surface area contributed by atoms with Crippen LogP contribution in [0.3, 0.4) is 0 Å². The van der Waals surface area contributed by atoms with E-state index in [1.54, 1.807) is 55.1 Å². The van der Waals surface area contributed by atoms with Gasteiger partial charge in [-0.2, -0.15) is 0 Å². The van der Waals surface area contributed by atoms with Gasteiger partial charge in [-0.25, -0.2) is 0 Å². The molecule has 0 aliphatic carbocycles. The summed E-state index contributed by atoms with van der Waals surface area (Å²) in [4.78, 5) is 27.9. The van der Waals surface area contributed by atoms with Gasteiger partial charge in [0.1, 0.15) is 0 Å². The van der Waals surface area contributed by atoms with Gasteiger partial charge in [-0.15, -0.1) is 0 Å². The number of ether oxygens (including phenoxy) is 6. The summed E-state index contributed by atoms with van der Waals surface area (Å²) < 4.78 is 33.3. The average Bonchev–Trinajstić information content (AvgIpc) is 3.19. The number of nitrogens with zero attached hydrogens (tertiary/aromatic N) is 4. The molecule has 11 nitrogen and oxygen atoms in total. The second-order valence-electron chi connectivity index (χ2n) is 12.4. The number of hydrogen-bond donors (Lipinski definition) is 0. The Morgan fingerprint density at radius 3 is 1.52 bits per heavy atom. The van der Waals surface area contributed by atoms with Crippen LogP contribution in [0, 0.1) is 0 Å². The number of hydrogen-bond acceptors (Lipinski definition) is 10. The highest BCUT2D eigenvalue weighted by molar-refractivity contribution is 5.83. The summed E-state index contributed by atoms with van der Waals surface area (Å²) in [6.45, 7) is 2.32. The lowest BCUT2D eigenvalue weighted by Crippen LogP contribution is -2.57. The average molecular weight is 705 g/mol. The predicted molar refractivity (Wildman–Crippen MR) is 198 cm³/mol. The molecular formula is C41H44N4O7. The Labute approximate surface area is 304 Å². The van der Waals surface area contributed by atoms with Crippen LogP contribution in [0.1, 0.15) is 16.7 Å². The predicted octanol–water partition coefficient (Wildman–Crippen LogP) is 6.32. The Balaban J connectivity index is 1.25. The summed E-state index contributed by atoms with van der Waals surface area (Å²) in [6, 6.07) is 25.4. The van der Waals surface area contributed by atoms with Crippen molar-refractivity contribution in [3.8, 4) is 57.0 Å². The summed E-state index contributed by atoms with van der Waals surface area (Å²) in [5.41, 5.74) is 6.28. The van der Waals surface area contributed by atoms with Crippen LogP contribution in [0.15, 0.2) is 91.3 Å². The first-order chi connectivity index (χ1) is 25.4. The van der Waals surface area contributed by atoms with Gasteiger partial charge >= 0.3 is 0 Å². The molecule has 3 heterocycles. The molecular weight excluding hydrogens is 660 g/mol. The van der Waals surface area contributed by atoms with Gasteiger partial charge in [0.05, 0.1) is 60.1 Å². The van der Waals surface area contributed by atoms with Crippen molar-refractivity contribution >= 4 is 5.91 Å². The zero-order chi connectivity index (χ0) is 36.6. The zero-order valence-corrected chi connectivity index (χ0v) is 30.4. The van der Waals surface area contributed by atoms with Crippen LogP contribution in [0.25, 0.3) is 22.5 Å².